The maximum absolute atomic E-state index is 5.75. The lowest BCUT2D eigenvalue weighted by Crippen LogP contribution is -2.34. The van der Waals surface area contributed by atoms with Crippen LogP contribution in [-0.2, 0) is 51.4 Å². The molecule has 0 spiro atoms. The predicted molar refractivity (Wildman–Crippen MR) is 469 cm³/mol. The number of hydrogen-bond donors (Lipinski definition) is 6. The standard InChI is InChI=1S/C15H23NS.C14H21NS.C11H17NS.4C10H15NS.C9H13NS/c1-12-11-17-14-7-5-6-13(15(12)14)10-16-8-3-2-4-9-16;1-2-8-15(9-3-1)11-12-5-4-6-14-13(12)7-10-16-14;1-8-7-13-10-5-3-4-9(6-12-2)11(8)10;1-7-6-12-9-4-2-3-8(5-11)10(7)9;3*1-11-7-8-3-2-4-10-9(8)5-6-12-10;10-6-7-2-1-3-9-8(7)4-5-11-9/h11,13H,2-10H2,1H3;7,10,12H,1-6,8-9,11H2;7,9,12H,3-6H2,1-2H3;6,8H,2-5,11H2,1H3;3*5-6,8,11H,2-4,7H2,1H3;4-5,7H,1-3,6,10H2/t;;;;2*8-;;/m....10../s1. The van der Waals surface area contributed by atoms with Crippen molar-refractivity contribution >= 4 is 90.7 Å². The Labute approximate surface area is 668 Å². The van der Waals surface area contributed by atoms with Gasteiger partial charge in [-0.1, -0.05) is 12.8 Å². The van der Waals surface area contributed by atoms with Gasteiger partial charge in [-0.2, -0.15) is 0 Å². The zero-order chi connectivity index (χ0) is 73.1. The summed E-state index contributed by atoms with van der Waals surface area (Å²) in [6, 6.07) is 11.5. The van der Waals surface area contributed by atoms with Gasteiger partial charge in [0.1, 0.15) is 0 Å². The molecule has 2 fully saturated rings. The van der Waals surface area contributed by atoms with Gasteiger partial charge in [-0.05, 0) is 450 Å². The van der Waals surface area contributed by atoms with Crippen LogP contribution >= 0.6 is 90.7 Å². The maximum atomic E-state index is 5.75. The molecular formula is C89H134N8S8. The van der Waals surface area contributed by atoms with Crippen LogP contribution < -0.4 is 32.7 Å². The van der Waals surface area contributed by atoms with Crippen LogP contribution in [0.15, 0.2) is 73.4 Å². The monoisotopic (exact) mass is 1570 g/mol. The van der Waals surface area contributed by atoms with Crippen molar-refractivity contribution in [3.63, 3.8) is 0 Å². The van der Waals surface area contributed by atoms with Crippen molar-refractivity contribution in [3.05, 3.63) is 174 Å². The molecule has 8 nitrogen and oxygen atoms in total. The summed E-state index contributed by atoms with van der Waals surface area (Å²) >= 11 is 15.5. The van der Waals surface area contributed by atoms with Gasteiger partial charge in [-0.3, -0.25) is 0 Å². The summed E-state index contributed by atoms with van der Waals surface area (Å²) in [5.74, 6) is 6.11. The number of nitrogens with one attached hydrogen (secondary N) is 4. The molecule has 0 radical (unpaired) electrons. The molecule has 105 heavy (non-hydrogen) atoms. The highest BCUT2D eigenvalue weighted by Crippen LogP contribution is 2.43. The first-order valence-corrected chi connectivity index (χ1v) is 48.6. The molecule has 18 rings (SSSR count). The summed E-state index contributed by atoms with van der Waals surface area (Å²) in [6.45, 7) is 21.0. The largest absolute Gasteiger partial charge is 0.330 e. The fourth-order valence-electron chi connectivity index (χ4n) is 19.2. The van der Waals surface area contributed by atoms with Gasteiger partial charge in [0.05, 0.1) is 0 Å². The zero-order valence-corrected chi connectivity index (χ0v) is 72.2. The minimum Gasteiger partial charge on any atom is -0.330 e. The van der Waals surface area contributed by atoms with Crippen LogP contribution in [0.4, 0.5) is 0 Å². The van der Waals surface area contributed by atoms with E-state index in [4.69, 9.17) is 11.5 Å². The fourth-order valence-corrected chi connectivity index (χ4v) is 27.8. The van der Waals surface area contributed by atoms with Crippen molar-refractivity contribution < 1.29 is 0 Å². The molecule has 6 unspecified atom stereocenters. The highest BCUT2D eigenvalue weighted by molar-refractivity contribution is 7.12. The van der Waals surface area contributed by atoms with Crippen molar-refractivity contribution in [1.29, 1.82) is 0 Å². The number of aryl methyl sites for hydroxylation is 11. The quantitative estimate of drug-likeness (QED) is 0.0640. The molecule has 0 aromatic carbocycles. The first-order chi connectivity index (χ1) is 51.6. The van der Waals surface area contributed by atoms with Crippen molar-refractivity contribution in [2.24, 2.45) is 11.5 Å². The molecule has 8 atom stereocenters. The Kier molecular flexibility index (Phi) is 35.3. The Balaban J connectivity index is 0.000000120. The van der Waals surface area contributed by atoms with E-state index in [1.54, 1.807) is 83.5 Å². The molecule has 2 aliphatic heterocycles. The van der Waals surface area contributed by atoms with Gasteiger partial charge in [0, 0.05) is 78.3 Å². The van der Waals surface area contributed by atoms with E-state index in [0.717, 1.165) is 74.8 Å². The van der Waals surface area contributed by atoms with Gasteiger partial charge >= 0.3 is 0 Å². The van der Waals surface area contributed by atoms with Crippen molar-refractivity contribution in [2.45, 2.75) is 261 Å². The summed E-state index contributed by atoms with van der Waals surface area (Å²) in [5, 5.41) is 31.3. The number of thiophene rings is 8. The Morgan fingerprint density at radius 1 is 0.295 bits per heavy atom. The lowest BCUT2D eigenvalue weighted by molar-refractivity contribution is 0.209. The highest BCUT2D eigenvalue weighted by Gasteiger charge is 2.30. The third-order valence-electron chi connectivity index (χ3n) is 24.5. The van der Waals surface area contributed by atoms with Crippen molar-refractivity contribution in [3.8, 4) is 0 Å². The van der Waals surface area contributed by atoms with E-state index in [9.17, 15) is 0 Å². The molecule has 2 saturated heterocycles. The Bertz CT molecular complexity index is 3580. The SMILES string of the molecule is CNCC1CCCc2scc(C)c21.CNCC1CCCc2sccc21.CNC[C@@H]1CCCc2sccc21.CNC[C@H]1CCCc2sccc21.Cc1csc2c1C(CN)CCC2.Cc1csc2c1C(CN1CCCCC1)CCC2.NCC1CCCc2sccc21.c1cc2c(s1)CCCC2CN1CCCCC1. The third-order valence-corrected chi connectivity index (χ3v) is 33.0. The Hall–Kier alpha value is -2.72. The van der Waals surface area contributed by atoms with Crippen molar-refractivity contribution in [1.82, 2.24) is 31.1 Å². The number of nitrogens with zero attached hydrogens (tertiary/aromatic N) is 2. The summed E-state index contributed by atoms with van der Waals surface area (Å²) in [5.41, 5.74) is 29.0. The summed E-state index contributed by atoms with van der Waals surface area (Å²) < 4.78 is 0. The van der Waals surface area contributed by atoms with Gasteiger partial charge in [-0.15, -0.1) is 90.7 Å². The Morgan fingerprint density at radius 3 is 0.905 bits per heavy atom. The summed E-state index contributed by atoms with van der Waals surface area (Å²) in [7, 11) is 8.18. The molecule has 0 saturated carbocycles. The third kappa shape index (κ3) is 23.5. The minimum absolute atomic E-state index is 0.653. The Morgan fingerprint density at radius 2 is 0.552 bits per heavy atom. The smallest absolute Gasteiger partial charge is 0.00832 e. The topological polar surface area (TPSA) is 107 Å². The van der Waals surface area contributed by atoms with Gasteiger partial charge in [0.25, 0.3) is 0 Å². The fraction of sp³-hybridized carbons (Fsp3) is 0.640. The summed E-state index contributed by atoms with van der Waals surface area (Å²) in [6.07, 6.45) is 40.9. The van der Waals surface area contributed by atoms with Crippen molar-refractivity contribution in [2.75, 3.05) is 107 Å². The molecule has 8 aromatic rings. The lowest BCUT2D eigenvalue weighted by atomic mass is 9.85. The number of rotatable bonds is 14. The second kappa shape index (κ2) is 44.5. The van der Waals surface area contributed by atoms with Gasteiger partial charge in [0.15, 0.2) is 0 Å². The molecular weight excluding hydrogens is 1440 g/mol. The van der Waals surface area contributed by atoms with E-state index in [-0.39, 0.29) is 0 Å². The summed E-state index contributed by atoms with van der Waals surface area (Å²) in [4.78, 5) is 18.5. The number of hydrogen-bond acceptors (Lipinski definition) is 16. The van der Waals surface area contributed by atoms with E-state index >= 15 is 0 Å². The van der Waals surface area contributed by atoms with Crippen LogP contribution in [0.2, 0.25) is 0 Å². The van der Waals surface area contributed by atoms with Gasteiger partial charge < -0.3 is 42.5 Å². The van der Waals surface area contributed by atoms with E-state index in [1.165, 1.54) is 249 Å². The van der Waals surface area contributed by atoms with Crippen LogP contribution in [0.25, 0.3) is 0 Å². The van der Waals surface area contributed by atoms with E-state index in [0.29, 0.717) is 11.8 Å². The van der Waals surface area contributed by atoms with E-state index < -0.39 is 0 Å². The second-order valence-electron chi connectivity index (χ2n) is 31.9. The molecule has 10 aliphatic rings. The maximum Gasteiger partial charge on any atom is 0.00832 e. The number of likely N-dealkylation sites (tertiary alicyclic amines) is 2. The average molecular weight is 1570 g/mol. The van der Waals surface area contributed by atoms with Gasteiger partial charge in [-0.25, -0.2) is 0 Å². The molecule has 0 bridgehead atoms. The van der Waals surface area contributed by atoms with E-state index in [2.05, 4.69) is 132 Å². The normalized spacial score (nSPS) is 23.5. The van der Waals surface area contributed by atoms with Crippen LogP contribution in [0.5, 0.6) is 0 Å². The highest BCUT2D eigenvalue weighted by atomic mass is 32.1. The van der Waals surface area contributed by atoms with Gasteiger partial charge in [0.2, 0.25) is 0 Å². The molecule has 8 aliphatic carbocycles. The molecule has 8 aromatic heterocycles. The first-order valence-electron chi connectivity index (χ1n) is 41.5. The number of piperidine rings is 2. The molecule has 578 valence electrons. The first kappa shape index (κ1) is 83.2. The average Bonchev–Trinajstić information content (AvgIpc) is 1.69. The number of fused-ring (bicyclic) bond motifs is 8. The van der Waals surface area contributed by atoms with Crippen LogP contribution in [0.1, 0.15) is 289 Å². The molecule has 16 heteroatoms. The number of nitrogens with two attached hydrogens (primary N) is 2. The van der Waals surface area contributed by atoms with Crippen LogP contribution in [0, 0.1) is 20.8 Å². The molecule has 8 N–H and O–H groups in total. The molecule has 10 heterocycles. The number of likely N-dealkylation sites (N-methyl/N-ethyl adjacent to an activating group) is 4. The van der Waals surface area contributed by atoms with E-state index in [1.807, 2.05) is 112 Å². The van der Waals surface area contributed by atoms with Crippen LogP contribution in [-0.4, -0.2) is 117 Å². The molecule has 0 amide bonds. The second-order valence-corrected chi connectivity index (χ2v) is 39.8. The van der Waals surface area contributed by atoms with Crippen LogP contribution in [0.3, 0.4) is 0 Å². The predicted octanol–water partition coefficient (Wildman–Crippen LogP) is 22.0. The zero-order valence-electron chi connectivity index (χ0n) is 65.6. The minimum atomic E-state index is 0.653. The lowest BCUT2D eigenvalue weighted by Gasteiger charge is -2.32.